The molecule has 0 bridgehead atoms. The number of halogens is 2. The maximum atomic E-state index is 13.0. The van der Waals surface area contributed by atoms with Crippen LogP contribution in [-0.4, -0.2) is 21.8 Å². The van der Waals surface area contributed by atoms with Crippen molar-refractivity contribution in [3.8, 4) is 0 Å². The minimum Gasteiger partial charge on any atom is -0.479 e. The Morgan fingerprint density at radius 2 is 1.82 bits per heavy atom. The lowest BCUT2D eigenvalue weighted by Gasteiger charge is -2.29. The van der Waals surface area contributed by atoms with Gasteiger partial charge in [-0.15, -0.1) is 0 Å². The highest BCUT2D eigenvalue weighted by atomic mass is 19.1. The van der Waals surface area contributed by atoms with Gasteiger partial charge in [0.15, 0.2) is 5.60 Å². The summed E-state index contributed by atoms with van der Waals surface area (Å²) >= 11 is 0. The molecule has 0 aromatic heterocycles. The zero-order valence-corrected chi connectivity index (χ0v) is 9.58. The number of benzene rings is 1. The summed E-state index contributed by atoms with van der Waals surface area (Å²) in [4.78, 5) is 11.0. The summed E-state index contributed by atoms with van der Waals surface area (Å²) in [6, 6.07) is 2.75. The molecule has 0 saturated heterocycles. The summed E-state index contributed by atoms with van der Waals surface area (Å²) in [6.45, 7) is 2.92. The third kappa shape index (κ3) is 2.61. The van der Waals surface area contributed by atoms with Gasteiger partial charge >= 0.3 is 5.97 Å². The maximum absolute atomic E-state index is 13.0. The first kappa shape index (κ1) is 13.6. The van der Waals surface area contributed by atoms with Crippen LogP contribution in [0.15, 0.2) is 18.2 Å². The maximum Gasteiger partial charge on any atom is 0.336 e. The van der Waals surface area contributed by atoms with Crippen LogP contribution in [0.3, 0.4) is 0 Å². The van der Waals surface area contributed by atoms with Crippen molar-refractivity contribution in [1.29, 1.82) is 0 Å². The Hall–Kier alpha value is -1.49. The van der Waals surface area contributed by atoms with E-state index in [2.05, 4.69) is 0 Å². The van der Waals surface area contributed by atoms with Gasteiger partial charge in [0.25, 0.3) is 0 Å². The molecule has 2 unspecified atom stereocenters. The Balaban J connectivity index is 3.18. The van der Waals surface area contributed by atoms with Gasteiger partial charge in [0.05, 0.1) is 0 Å². The number of rotatable bonds is 4. The van der Waals surface area contributed by atoms with Crippen LogP contribution in [0.2, 0.25) is 0 Å². The van der Waals surface area contributed by atoms with Crippen molar-refractivity contribution < 1.29 is 23.8 Å². The molecule has 1 rings (SSSR count). The first-order valence-corrected chi connectivity index (χ1v) is 5.23. The summed E-state index contributed by atoms with van der Waals surface area (Å²) in [7, 11) is 0. The number of carboxylic acid groups (broad SMARTS) is 1. The van der Waals surface area contributed by atoms with Gasteiger partial charge in [-0.3, -0.25) is 0 Å². The fraction of sp³-hybridized carbons (Fsp3) is 0.417. The summed E-state index contributed by atoms with van der Waals surface area (Å²) in [6.07, 6.45) is -0.0539. The highest BCUT2D eigenvalue weighted by Gasteiger charge is 2.40. The quantitative estimate of drug-likeness (QED) is 0.854. The van der Waals surface area contributed by atoms with E-state index in [-0.39, 0.29) is 12.0 Å². The summed E-state index contributed by atoms with van der Waals surface area (Å²) in [5.41, 5.74) is -1.91. The van der Waals surface area contributed by atoms with Crippen molar-refractivity contribution in [1.82, 2.24) is 0 Å². The Morgan fingerprint density at radius 3 is 2.18 bits per heavy atom. The fourth-order valence-corrected chi connectivity index (χ4v) is 1.74. The van der Waals surface area contributed by atoms with E-state index in [9.17, 15) is 18.7 Å². The topological polar surface area (TPSA) is 57.5 Å². The van der Waals surface area contributed by atoms with Gasteiger partial charge in [-0.25, -0.2) is 13.6 Å². The van der Waals surface area contributed by atoms with Crippen molar-refractivity contribution in [2.45, 2.75) is 31.8 Å². The zero-order chi connectivity index (χ0) is 13.2. The Labute approximate surface area is 97.7 Å². The molecule has 0 aliphatic heterocycles. The lowest BCUT2D eigenvalue weighted by atomic mass is 9.81. The average Bonchev–Trinajstić information content (AvgIpc) is 2.25. The van der Waals surface area contributed by atoms with Crippen molar-refractivity contribution >= 4 is 5.97 Å². The van der Waals surface area contributed by atoms with Gasteiger partial charge in [0.2, 0.25) is 0 Å². The molecule has 0 saturated carbocycles. The van der Waals surface area contributed by atoms with E-state index in [0.717, 1.165) is 12.1 Å². The molecule has 0 amide bonds. The Morgan fingerprint density at radius 1 is 1.35 bits per heavy atom. The smallest absolute Gasteiger partial charge is 0.336 e. The van der Waals surface area contributed by atoms with Crippen LogP contribution in [0.5, 0.6) is 0 Å². The number of hydrogen-bond acceptors (Lipinski definition) is 2. The van der Waals surface area contributed by atoms with E-state index >= 15 is 0 Å². The average molecular weight is 244 g/mol. The number of aliphatic hydroxyl groups is 1. The Kier molecular flexibility index (Phi) is 3.83. The molecule has 1 aromatic rings. The Bertz CT molecular complexity index is 414. The third-order valence-electron chi connectivity index (χ3n) is 3.01. The van der Waals surface area contributed by atoms with Crippen LogP contribution in [0, 0.1) is 11.6 Å². The number of carboxylic acids is 1. The molecule has 0 heterocycles. The van der Waals surface area contributed by atoms with E-state index in [4.69, 9.17) is 5.11 Å². The van der Waals surface area contributed by atoms with Crippen molar-refractivity contribution in [2.24, 2.45) is 0 Å². The molecular formula is C12H14F2O3. The van der Waals surface area contributed by atoms with Gasteiger partial charge in [-0.1, -0.05) is 13.8 Å². The molecule has 94 valence electrons. The molecule has 2 atom stereocenters. The predicted molar refractivity (Wildman–Crippen MR) is 57.6 cm³/mol. The molecular weight excluding hydrogens is 230 g/mol. The van der Waals surface area contributed by atoms with Crippen LogP contribution in [-0.2, 0) is 4.79 Å². The molecule has 3 nitrogen and oxygen atoms in total. The lowest BCUT2D eigenvalue weighted by Crippen LogP contribution is -2.42. The van der Waals surface area contributed by atoms with Gasteiger partial charge in [0.1, 0.15) is 11.6 Å². The van der Waals surface area contributed by atoms with E-state index in [0.29, 0.717) is 6.07 Å². The van der Waals surface area contributed by atoms with Crippen molar-refractivity contribution in [3.63, 3.8) is 0 Å². The lowest BCUT2D eigenvalue weighted by molar-refractivity contribution is -0.161. The van der Waals surface area contributed by atoms with E-state index < -0.39 is 29.1 Å². The predicted octanol–water partition coefficient (Wildman–Crippen LogP) is 2.29. The minimum atomic E-state index is -2.03. The van der Waals surface area contributed by atoms with Gasteiger partial charge < -0.3 is 10.2 Å². The van der Waals surface area contributed by atoms with Gasteiger partial charge in [0, 0.05) is 12.0 Å². The summed E-state index contributed by atoms with van der Waals surface area (Å²) < 4.78 is 26.0. The molecule has 0 radical (unpaired) electrons. The summed E-state index contributed by atoms with van der Waals surface area (Å²) in [5.74, 6) is -3.90. The normalized spacial score (nSPS) is 16.3. The second-order valence-corrected chi connectivity index (χ2v) is 4.01. The number of aliphatic carboxylic acids is 1. The van der Waals surface area contributed by atoms with Crippen LogP contribution in [0.4, 0.5) is 8.78 Å². The molecule has 0 spiro atoms. The van der Waals surface area contributed by atoms with E-state index in [1.54, 1.807) is 0 Å². The molecule has 0 aliphatic rings. The van der Waals surface area contributed by atoms with E-state index in [1.807, 2.05) is 0 Å². The number of hydrogen-bond donors (Lipinski definition) is 2. The molecule has 5 heteroatoms. The van der Waals surface area contributed by atoms with Crippen LogP contribution < -0.4 is 0 Å². The first-order chi connectivity index (χ1) is 7.81. The second-order valence-electron chi connectivity index (χ2n) is 4.01. The molecule has 1 aromatic carbocycles. The monoisotopic (exact) mass is 244 g/mol. The third-order valence-corrected chi connectivity index (χ3v) is 3.01. The van der Waals surface area contributed by atoms with E-state index in [1.165, 1.54) is 13.8 Å². The number of carbonyl (C=O) groups is 1. The molecule has 0 aliphatic carbocycles. The first-order valence-electron chi connectivity index (χ1n) is 5.23. The minimum absolute atomic E-state index is 0.0539. The molecule has 0 fully saturated rings. The largest absolute Gasteiger partial charge is 0.479 e. The van der Waals surface area contributed by atoms with Crippen LogP contribution in [0.25, 0.3) is 0 Å². The SMILES string of the molecule is CCC(O)(C(=O)O)C(C)c1cc(F)cc(F)c1. The standard InChI is InChI=1S/C12H14F2O3/c1-3-12(17,11(15)16)7(2)8-4-9(13)6-10(14)5-8/h4-7,17H,3H2,1-2H3,(H,15,16). The van der Waals surface area contributed by atoms with Gasteiger partial charge in [-0.2, -0.15) is 0 Å². The highest BCUT2D eigenvalue weighted by Crippen LogP contribution is 2.31. The second kappa shape index (κ2) is 4.79. The van der Waals surface area contributed by atoms with Crippen LogP contribution >= 0.6 is 0 Å². The van der Waals surface area contributed by atoms with Gasteiger partial charge in [-0.05, 0) is 24.1 Å². The molecule has 2 N–H and O–H groups in total. The summed E-state index contributed by atoms with van der Waals surface area (Å²) in [5, 5.41) is 18.9. The van der Waals surface area contributed by atoms with Crippen LogP contribution in [0.1, 0.15) is 31.7 Å². The molecule has 17 heavy (non-hydrogen) atoms. The zero-order valence-electron chi connectivity index (χ0n) is 9.58. The van der Waals surface area contributed by atoms with Crippen molar-refractivity contribution in [3.05, 3.63) is 35.4 Å². The van der Waals surface area contributed by atoms with Crippen molar-refractivity contribution in [2.75, 3.05) is 0 Å². The highest BCUT2D eigenvalue weighted by molar-refractivity contribution is 5.78. The fourth-order valence-electron chi connectivity index (χ4n) is 1.74.